The predicted molar refractivity (Wildman–Crippen MR) is 56.9 cm³/mol. The molecule has 1 aromatic carbocycles. The van der Waals surface area contributed by atoms with Crippen molar-refractivity contribution in [3.63, 3.8) is 0 Å². The van der Waals surface area contributed by atoms with Gasteiger partial charge in [-0.1, -0.05) is 33.8 Å². The minimum atomic E-state index is 0.134. The highest BCUT2D eigenvalue weighted by molar-refractivity contribution is 5.51. The van der Waals surface area contributed by atoms with Gasteiger partial charge in [0.15, 0.2) is 11.5 Å². The maximum atomic E-state index is 9.13. The minimum absolute atomic E-state index is 0.134. The zero-order valence-electron chi connectivity index (χ0n) is 9.20. The van der Waals surface area contributed by atoms with Crippen molar-refractivity contribution in [3.05, 3.63) is 18.2 Å². The van der Waals surface area contributed by atoms with Crippen molar-refractivity contribution >= 4 is 0 Å². The molecule has 0 unspecified atom stereocenters. The van der Waals surface area contributed by atoms with Crippen molar-refractivity contribution in [2.45, 2.75) is 27.7 Å². The molecule has 0 spiro atoms. The van der Waals surface area contributed by atoms with Crippen molar-refractivity contribution < 1.29 is 14.6 Å². The van der Waals surface area contributed by atoms with E-state index in [9.17, 15) is 0 Å². The zero-order valence-corrected chi connectivity index (χ0v) is 9.20. The van der Waals surface area contributed by atoms with Gasteiger partial charge in [-0.15, -0.1) is 0 Å². The molecular weight excluding hydrogens is 180 g/mol. The van der Waals surface area contributed by atoms with Crippen LogP contribution in [-0.4, -0.2) is 11.9 Å². The Hall–Kier alpha value is -1.38. The molecule has 3 heteroatoms. The molecule has 3 nitrogen and oxygen atoms in total. The van der Waals surface area contributed by atoms with Crippen LogP contribution in [0.5, 0.6) is 17.2 Å². The van der Waals surface area contributed by atoms with E-state index in [-0.39, 0.29) is 12.5 Å². The monoisotopic (exact) mass is 198 g/mol. The smallest absolute Gasteiger partial charge is 0.231 e. The normalized spacial score (nSPS) is 10.6. The van der Waals surface area contributed by atoms with Gasteiger partial charge in [0.2, 0.25) is 12.5 Å². The molecule has 1 N–H and O–H groups in total. The van der Waals surface area contributed by atoms with Gasteiger partial charge in [0.1, 0.15) is 0 Å². The Morgan fingerprint density at radius 2 is 1.71 bits per heavy atom. The van der Waals surface area contributed by atoms with Crippen molar-refractivity contribution in [1.29, 1.82) is 0 Å². The topological polar surface area (TPSA) is 38.7 Å². The van der Waals surface area contributed by atoms with Gasteiger partial charge in [-0.3, -0.25) is 0 Å². The Morgan fingerprint density at radius 1 is 1.07 bits per heavy atom. The molecule has 0 aromatic heterocycles. The minimum Gasteiger partial charge on any atom is -0.504 e. The van der Waals surface area contributed by atoms with Crippen LogP contribution in [0.1, 0.15) is 27.7 Å². The fourth-order valence-corrected chi connectivity index (χ4v) is 0.915. The van der Waals surface area contributed by atoms with E-state index in [1.54, 1.807) is 18.2 Å². The first kappa shape index (κ1) is 12.6. The molecule has 1 aliphatic heterocycles. The van der Waals surface area contributed by atoms with Crippen LogP contribution in [0.15, 0.2) is 18.2 Å². The molecule has 2 rings (SSSR count). The first-order chi connectivity index (χ1) is 6.88. The summed E-state index contributed by atoms with van der Waals surface area (Å²) >= 11 is 0. The fourth-order valence-electron chi connectivity index (χ4n) is 0.915. The fraction of sp³-hybridized carbons (Fsp3) is 0.455. The largest absolute Gasteiger partial charge is 0.504 e. The van der Waals surface area contributed by atoms with Crippen LogP contribution in [0.2, 0.25) is 0 Å². The van der Waals surface area contributed by atoms with Crippen LogP contribution in [0.4, 0.5) is 0 Å². The lowest BCUT2D eigenvalue weighted by Gasteiger charge is -1.95. The van der Waals surface area contributed by atoms with Gasteiger partial charge in [0, 0.05) is 0 Å². The second-order valence-electron chi connectivity index (χ2n) is 2.01. The van der Waals surface area contributed by atoms with Gasteiger partial charge in [-0.05, 0) is 12.1 Å². The van der Waals surface area contributed by atoms with E-state index in [4.69, 9.17) is 14.6 Å². The number of phenolic OH excluding ortho intramolecular Hbond substituents is 1. The lowest BCUT2D eigenvalue weighted by atomic mass is 10.3. The second-order valence-corrected chi connectivity index (χ2v) is 2.01. The third kappa shape index (κ3) is 2.83. The highest BCUT2D eigenvalue weighted by Gasteiger charge is 2.15. The molecule has 1 aliphatic rings. The Balaban J connectivity index is 0.000000379. The third-order valence-electron chi connectivity index (χ3n) is 1.38. The van der Waals surface area contributed by atoms with Crippen LogP contribution in [0.3, 0.4) is 0 Å². The van der Waals surface area contributed by atoms with Crippen LogP contribution in [0, 0.1) is 0 Å². The summed E-state index contributed by atoms with van der Waals surface area (Å²) in [6.45, 7) is 8.20. The summed E-state index contributed by atoms with van der Waals surface area (Å²) in [5.41, 5.74) is 0. The molecule has 0 amide bonds. The Labute approximate surface area is 85.3 Å². The average Bonchev–Trinajstić information content (AvgIpc) is 2.73. The Bertz CT molecular complexity index is 259. The Kier molecular flexibility index (Phi) is 6.37. The number of hydrogen-bond donors (Lipinski definition) is 1. The number of hydrogen-bond acceptors (Lipinski definition) is 3. The van der Waals surface area contributed by atoms with E-state index < -0.39 is 0 Å². The molecule has 14 heavy (non-hydrogen) atoms. The summed E-state index contributed by atoms with van der Waals surface area (Å²) in [4.78, 5) is 0. The molecular formula is C11H18O3. The second kappa shape index (κ2) is 7.06. The molecule has 0 atom stereocenters. The van der Waals surface area contributed by atoms with Gasteiger partial charge in [-0.2, -0.15) is 0 Å². The number of para-hydroxylation sites is 1. The van der Waals surface area contributed by atoms with E-state index in [1.807, 2.05) is 27.7 Å². The van der Waals surface area contributed by atoms with Crippen LogP contribution in [-0.2, 0) is 0 Å². The first-order valence-electron chi connectivity index (χ1n) is 4.95. The molecule has 0 saturated heterocycles. The quantitative estimate of drug-likeness (QED) is 0.695. The molecule has 0 aliphatic carbocycles. The Morgan fingerprint density at radius 3 is 2.29 bits per heavy atom. The average molecular weight is 198 g/mol. The predicted octanol–water partition coefficient (Wildman–Crippen LogP) is 3.17. The molecule has 0 fully saturated rings. The number of fused-ring (bicyclic) bond motifs is 1. The summed E-state index contributed by atoms with van der Waals surface area (Å²) in [6.07, 6.45) is 0. The van der Waals surface area contributed by atoms with E-state index in [0.717, 1.165) is 0 Å². The van der Waals surface area contributed by atoms with Crippen molar-refractivity contribution in [2.75, 3.05) is 6.79 Å². The summed E-state index contributed by atoms with van der Waals surface area (Å²) in [6, 6.07) is 5.03. The summed E-state index contributed by atoms with van der Waals surface area (Å²) in [7, 11) is 0. The van der Waals surface area contributed by atoms with E-state index >= 15 is 0 Å². The summed E-state index contributed by atoms with van der Waals surface area (Å²) in [5.74, 6) is 1.19. The highest BCUT2D eigenvalue weighted by Crippen LogP contribution is 2.39. The van der Waals surface area contributed by atoms with Crippen molar-refractivity contribution in [2.24, 2.45) is 0 Å². The standard InChI is InChI=1S/C7H6O3.2C2H6/c8-5-2-1-3-6-7(5)10-4-9-6;2*1-2/h1-3,8H,4H2;2*1-2H3. The lowest BCUT2D eigenvalue weighted by molar-refractivity contribution is 0.171. The zero-order chi connectivity index (χ0) is 11.0. The number of rotatable bonds is 0. The SMILES string of the molecule is CC.CC.Oc1cccc2c1OCO2. The van der Waals surface area contributed by atoms with Gasteiger partial charge in [0.05, 0.1) is 0 Å². The van der Waals surface area contributed by atoms with Gasteiger partial charge in [-0.25, -0.2) is 0 Å². The van der Waals surface area contributed by atoms with E-state index in [1.165, 1.54) is 0 Å². The summed E-state index contributed by atoms with van der Waals surface area (Å²) in [5, 5.41) is 9.13. The van der Waals surface area contributed by atoms with Gasteiger partial charge < -0.3 is 14.6 Å². The molecule has 0 bridgehead atoms. The number of ether oxygens (including phenoxy) is 2. The third-order valence-corrected chi connectivity index (χ3v) is 1.38. The number of aromatic hydroxyl groups is 1. The van der Waals surface area contributed by atoms with Crippen molar-refractivity contribution in [3.8, 4) is 17.2 Å². The van der Waals surface area contributed by atoms with Crippen LogP contribution < -0.4 is 9.47 Å². The molecule has 80 valence electrons. The number of benzene rings is 1. The van der Waals surface area contributed by atoms with Crippen LogP contribution in [0.25, 0.3) is 0 Å². The molecule has 1 heterocycles. The molecule has 0 saturated carbocycles. The highest BCUT2D eigenvalue weighted by atomic mass is 16.7. The van der Waals surface area contributed by atoms with Gasteiger partial charge in [0.25, 0.3) is 0 Å². The summed E-state index contributed by atoms with van der Waals surface area (Å²) < 4.78 is 9.95. The maximum Gasteiger partial charge on any atom is 0.231 e. The van der Waals surface area contributed by atoms with E-state index in [2.05, 4.69) is 0 Å². The van der Waals surface area contributed by atoms with E-state index in [0.29, 0.717) is 11.5 Å². The molecule has 1 aromatic rings. The molecule has 0 radical (unpaired) electrons. The number of phenols is 1. The first-order valence-corrected chi connectivity index (χ1v) is 4.95. The lowest BCUT2D eigenvalue weighted by Crippen LogP contribution is -1.93. The van der Waals surface area contributed by atoms with Gasteiger partial charge >= 0.3 is 0 Å². The maximum absolute atomic E-state index is 9.13. The van der Waals surface area contributed by atoms with Crippen LogP contribution >= 0.6 is 0 Å². The van der Waals surface area contributed by atoms with Crippen molar-refractivity contribution in [1.82, 2.24) is 0 Å².